The molecule has 1 atom stereocenters. The Hall–Kier alpha value is -3.15. The Morgan fingerprint density at radius 1 is 0.256 bits per heavy atom. The molecule has 0 rings (SSSR count). The molecule has 0 bridgehead atoms. The van der Waals surface area contributed by atoms with Crippen molar-refractivity contribution in [1.82, 2.24) is 0 Å². The van der Waals surface area contributed by atoms with Crippen molar-refractivity contribution >= 4 is 17.9 Å². The third-order valence-electron chi connectivity index (χ3n) is 14.9. The van der Waals surface area contributed by atoms with Gasteiger partial charge in [-0.25, -0.2) is 0 Å². The molecule has 0 aliphatic heterocycles. The molecule has 0 aliphatic rings. The second-order valence-corrected chi connectivity index (χ2v) is 22.7. The van der Waals surface area contributed by atoms with E-state index in [1.54, 1.807) is 0 Å². The molecule has 0 heterocycles. The molecule has 0 aromatic heterocycles. The molecule has 78 heavy (non-hydrogen) atoms. The quantitative estimate of drug-likeness (QED) is 0.0261. The molecule has 0 fully saturated rings. The molecule has 6 nitrogen and oxygen atoms in total. The molecule has 0 N–H and O–H groups in total. The van der Waals surface area contributed by atoms with Crippen molar-refractivity contribution in [2.24, 2.45) is 0 Å². The summed E-state index contributed by atoms with van der Waals surface area (Å²) in [5, 5.41) is 0. The van der Waals surface area contributed by atoms with Gasteiger partial charge in [0, 0.05) is 19.3 Å². The fourth-order valence-corrected chi connectivity index (χ4v) is 9.81. The Morgan fingerprint density at radius 3 is 0.718 bits per heavy atom. The first-order valence-electron chi connectivity index (χ1n) is 33.9. The zero-order valence-corrected chi connectivity index (χ0v) is 51.9. The van der Waals surface area contributed by atoms with E-state index >= 15 is 0 Å². The van der Waals surface area contributed by atoms with Crippen LogP contribution < -0.4 is 0 Å². The molecule has 0 amide bonds. The number of unbranched alkanes of at least 4 members (excludes halogenated alkanes) is 39. The first kappa shape index (κ1) is 74.8. The topological polar surface area (TPSA) is 78.9 Å². The molecule has 0 spiro atoms. The van der Waals surface area contributed by atoms with Crippen molar-refractivity contribution < 1.29 is 28.6 Å². The molecular weight excluding hydrogens is 961 g/mol. The van der Waals surface area contributed by atoms with Crippen LogP contribution >= 0.6 is 0 Å². The van der Waals surface area contributed by atoms with Gasteiger partial charge in [0.2, 0.25) is 0 Å². The molecule has 6 heteroatoms. The van der Waals surface area contributed by atoms with E-state index in [1.807, 2.05) is 0 Å². The Labute approximate surface area is 484 Å². The highest BCUT2D eigenvalue weighted by molar-refractivity contribution is 5.71. The number of hydrogen-bond donors (Lipinski definition) is 0. The fourth-order valence-electron chi connectivity index (χ4n) is 9.81. The predicted octanol–water partition coefficient (Wildman–Crippen LogP) is 23.3. The van der Waals surface area contributed by atoms with E-state index in [1.165, 1.54) is 218 Å². The van der Waals surface area contributed by atoms with Crippen LogP contribution in [0.5, 0.6) is 0 Å². The molecule has 452 valence electrons. The second kappa shape index (κ2) is 66.4. The highest BCUT2D eigenvalue weighted by Gasteiger charge is 2.19. The van der Waals surface area contributed by atoms with Crippen molar-refractivity contribution in [2.45, 2.75) is 354 Å². The fraction of sp³-hybridized carbons (Fsp3) is 0.792. The van der Waals surface area contributed by atoms with Crippen molar-refractivity contribution in [1.29, 1.82) is 0 Å². The van der Waals surface area contributed by atoms with Gasteiger partial charge in [-0.2, -0.15) is 0 Å². The monoisotopic (exact) mass is 1090 g/mol. The van der Waals surface area contributed by atoms with E-state index in [2.05, 4.69) is 93.7 Å². The molecular formula is C72H128O6. The summed E-state index contributed by atoms with van der Waals surface area (Å²) in [6, 6.07) is 0. The van der Waals surface area contributed by atoms with Crippen LogP contribution in [-0.4, -0.2) is 37.2 Å². The maximum atomic E-state index is 12.9. The first-order chi connectivity index (χ1) is 38.5. The molecule has 0 aromatic rings. The largest absolute Gasteiger partial charge is 0.462 e. The Balaban J connectivity index is 4.03. The highest BCUT2D eigenvalue weighted by Crippen LogP contribution is 2.17. The zero-order valence-electron chi connectivity index (χ0n) is 51.9. The minimum atomic E-state index is -0.776. The number of hydrogen-bond acceptors (Lipinski definition) is 6. The standard InChI is InChI=1S/C72H128O6/c1-4-7-10-13-16-18-20-22-24-26-28-30-32-33-34-35-36-37-38-39-41-42-44-46-48-50-52-54-56-59-62-65-71(74)77-68-69(67-76-70(73)64-61-58-15-12-9-6-3)78-72(75)66-63-60-57-55-53-51-49-47-45-43-40-31-29-27-25-23-21-19-17-14-11-8-5-2/h20-23,26-29,32-33,40,43,69H,4-19,24-25,30-31,34-39,41-42,44-68H2,1-3H3/b22-20-,23-21-,28-26-,29-27-,33-32-,43-40-. The number of allylic oxidation sites excluding steroid dienone is 12. The summed E-state index contributed by atoms with van der Waals surface area (Å²) in [4.78, 5) is 38.1. The number of carbonyl (C=O) groups is 3. The summed E-state index contributed by atoms with van der Waals surface area (Å²) in [7, 11) is 0. The highest BCUT2D eigenvalue weighted by atomic mass is 16.6. The summed E-state index contributed by atoms with van der Waals surface area (Å²) in [6.07, 6.45) is 86.7. The smallest absolute Gasteiger partial charge is 0.306 e. The Morgan fingerprint density at radius 2 is 0.462 bits per heavy atom. The van der Waals surface area contributed by atoms with E-state index in [-0.39, 0.29) is 31.1 Å². The van der Waals surface area contributed by atoms with Crippen molar-refractivity contribution in [2.75, 3.05) is 13.2 Å². The maximum absolute atomic E-state index is 12.9. The van der Waals surface area contributed by atoms with Crippen LogP contribution in [-0.2, 0) is 28.6 Å². The van der Waals surface area contributed by atoms with Crippen molar-refractivity contribution in [3.05, 3.63) is 72.9 Å². The van der Waals surface area contributed by atoms with Gasteiger partial charge in [-0.1, -0.05) is 306 Å². The normalized spacial score (nSPS) is 12.5. The summed E-state index contributed by atoms with van der Waals surface area (Å²) < 4.78 is 16.8. The van der Waals surface area contributed by atoms with Crippen LogP contribution in [0.1, 0.15) is 348 Å². The van der Waals surface area contributed by atoms with E-state index < -0.39 is 6.10 Å². The van der Waals surface area contributed by atoms with Gasteiger partial charge in [-0.3, -0.25) is 14.4 Å². The van der Waals surface area contributed by atoms with Gasteiger partial charge in [0.1, 0.15) is 13.2 Å². The summed E-state index contributed by atoms with van der Waals surface area (Å²) >= 11 is 0. The lowest BCUT2D eigenvalue weighted by Crippen LogP contribution is -2.30. The van der Waals surface area contributed by atoms with Crippen molar-refractivity contribution in [3.8, 4) is 0 Å². The molecule has 0 saturated heterocycles. The van der Waals surface area contributed by atoms with Gasteiger partial charge in [-0.15, -0.1) is 0 Å². The molecule has 0 aromatic carbocycles. The second-order valence-electron chi connectivity index (χ2n) is 22.7. The van der Waals surface area contributed by atoms with Gasteiger partial charge in [0.15, 0.2) is 6.10 Å². The number of esters is 3. The lowest BCUT2D eigenvalue weighted by atomic mass is 10.0. The van der Waals surface area contributed by atoms with Crippen LogP contribution in [0.15, 0.2) is 72.9 Å². The van der Waals surface area contributed by atoms with Gasteiger partial charge in [0.25, 0.3) is 0 Å². The first-order valence-corrected chi connectivity index (χ1v) is 33.9. The van der Waals surface area contributed by atoms with E-state index in [0.717, 1.165) is 89.9 Å². The summed E-state index contributed by atoms with van der Waals surface area (Å²) in [5.41, 5.74) is 0. The molecule has 0 saturated carbocycles. The van der Waals surface area contributed by atoms with Crippen LogP contribution in [0, 0.1) is 0 Å². The molecule has 1 unspecified atom stereocenters. The summed E-state index contributed by atoms with van der Waals surface area (Å²) in [5.74, 6) is -0.878. The van der Waals surface area contributed by atoms with E-state index in [0.29, 0.717) is 19.3 Å². The Bertz CT molecular complexity index is 1440. The Kier molecular flexibility index (Phi) is 63.7. The van der Waals surface area contributed by atoms with Gasteiger partial charge in [0.05, 0.1) is 0 Å². The lowest BCUT2D eigenvalue weighted by molar-refractivity contribution is -0.167. The third kappa shape index (κ3) is 63.7. The maximum Gasteiger partial charge on any atom is 0.306 e. The van der Waals surface area contributed by atoms with Gasteiger partial charge >= 0.3 is 17.9 Å². The van der Waals surface area contributed by atoms with Crippen LogP contribution in [0.25, 0.3) is 0 Å². The average molecular weight is 1090 g/mol. The lowest BCUT2D eigenvalue weighted by Gasteiger charge is -2.18. The zero-order chi connectivity index (χ0) is 56.4. The van der Waals surface area contributed by atoms with E-state index in [9.17, 15) is 14.4 Å². The minimum Gasteiger partial charge on any atom is -0.462 e. The van der Waals surface area contributed by atoms with Gasteiger partial charge < -0.3 is 14.2 Å². The van der Waals surface area contributed by atoms with Crippen molar-refractivity contribution in [3.63, 3.8) is 0 Å². The SMILES string of the molecule is CCCCCCC/C=C\C/C=C\C/C=C\CCCCCCCCCCCCCCCCCCC(=O)OCC(COC(=O)CCCCCCCC)OC(=O)CCCCCCCCCC/C=C\C/C=C\C/C=C\CCCCCCC. The predicted molar refractivity (Wildman–Crippen MR) is 339 cm³/mol. The minimum absolute atomic E-state index is 0.0756. The van der Waals surface area contributed by atoms with Crippen LogP contribution in [0.4, 0.5) is 0 Å². The molecule has 0 aliphatic carbocycles. The molecule has 0 radical (unpaired) electrons. The average Bonchev–Trinajstić information content (AvgIpc) is 3.44. The van der Waals surface area contributed by atoms with Crippen LogP contribution in [0.2, 0.25) is 0 Å². The number of rotatable bonds is 62. The van der Waals surface area contributed by atoms with Crippen LogP contribution in [0.3, 0.4) is 0 Å². The van der Waals surface area contributed by atoms with Gasteiger partial charge in [-0.05, 0) is 96.3 Å². The summed E-state index contributed by atoms with van der Waals surface area (Å²) in [6.45, 7) is 6.59. The van der Waals surface area contributed by atoms with E-state index in [4.69, 9.17) is 14.2 Å². The third-order valence-corrected chi connectivity index (χ3v) is 14.9. The number of carbonyl (C=O) groups excluding carboxylic acids is 3. The number of ether oxygens (including phenoxy) is 3.